The molecular formula is C38H47BN4O5. The minimum Gasteiger partial charge on any atom is -0.404 e. The first-order valence-corrected chi connectivity index (χ1v) is 17.1. The van der Waals surface area contributed by atoms with E-state index in [1.807, 2.05) is 42.5 Å². The normalized spacial score (nSPS) is 26.0. The largest absolute Gasteiger partial charge is 0.481 e. The summed E-state index contributed by atoms with van der Waals surface area (Å²) in [5, 5.41) is 25.1. The molecule has 1 aliphatic heterocycles. The summed E-state index contributed by atoms with van der Waals surface area (Å²) in [4.78, 5) is 27.1. The lowest BCUT2D eigenvalue weighted by Gasteiger charge is -2.64. The number of carbonyl (C=O) groups excluding carboxylic acids is 2. The number of aliphatic hydroxyl groups excluding tert-OH is 1. The SMILES string of the molecule is CC(C)C[C@H](NC(=O)[C@@H](NC(=O)c1cccc(N=Nc2ccc(-c3ccccc3)cc2)c1)[C@@H](C)O)B1OC2C[C@@H]3C[C@@H](C3(C)C)[C@]2(C)O1. The molecule has 2 bridgehead atoms. The molecule has 0 aromatic heterocycles. The van der Waals surface area contributed by atoms with Crippen molar-refractivity contribution in [3.63, 3.8) is 0 Å². The number of hydrogen-bond acceptors (Lipinski definition) is 7. The molecule has 3 aliphatic carbocycles. The molecule has 1 unspecified atom stereocenters. The molecule has 3 aromatic rings. The molecule has 252 valence electrons. The first-order valence-electron chi connectivity index (χ1n) is 17.1. The molecule has 2 amide bonds. The molecular weight excluding hydrogens is 603 g/mol. The number of hydrogen-bond donors (Lipinski definition) is 3. The minimum atomic E-state index is -1.19. The van der Waals surface area contributed by atoms with Crippen LogP contribution in [-0.4, -0.2) is 53.8 Å². The highest BCUT2D eigenvalue weighted by Crippen LogP contribution is 2.65. The van der Waals surface area contributed by atoms with Crippen LogP contribution >= 0.6 is 0 Å². The second kappa shape index (κ2) is 13.6. The molecule has 7 atom stereocenters. The van der Waals surface area contributed by atoms with Gasteiger partial charge in [-0.3, -0.25) is 9.59 Å². The Morgan fingerprint density at radius 1 is 0.896 bits per heavy atom. The van der Waals surface area contributed by atoms with Gasteiger partial charge in [0.25, 0.3) is 5.91 Å². The van der Waals surface area contributed by atoms with E-state index in [-0.39, 0.29) is 17.4 Å². The molecule has 7 rings (SSSR count). The molecule has 48 heavy (non-hydrogen) atoms. The van der Waals surface area contributed by atoms with E-state index in [2.05, 4.69) is 67.6 Å². The summed E-state index contributed by atoms with van der Waals surface area (Å²) in [6, 6.07) is 23.3. The molecule has 3 aromatic carbocycles. The van der Waals surface area contributed by atoms with Crippen LogP contribution in [0, 0.1) is 23.2 Å². The minimum absolute atomic E-state index is 0.0174. The van der Waals surface area contributed by atoms with Gasteiger partial charge in [-0.25, -0.2) is 0 Å². The zero-order valence-corrected chi connectivity index (χ0v) is 28.7. The number of amides is 2. The molecule has 10 heteroatoms. The van der Waals surface area contributed by atoms with Gasteiger partial charge in [-0.15, -0.1) is 0 Å². The van der Waals surface area contributed by atoms with E-state index < -0.39 is 42.6 Å². The lowest BCUT2D eigenvalue weighted by atomic mass is 9.43. The topological polar surface area (TPSA) is 122 Å². The van der Waals surface area contributed by atoms with Crippen LogP contribution in [0.1, 0.15) is 71.2 Å². The number of aliphatic hydroxyl groups is 1. The van der Waals surface area contributed by atoms with Crippen LogP contribution in [0.2, 0.25) is 0 Å². The Morgan fingerprint density at radius 2 is 1.58 bits per heavy atom. The van der Waals surface area contributed by atoms with E-state index in [9.17, 15) is 14.7 Å². The maximum absolute atomic E-state index is 13.7. The fourth-order valence-electron chi connectivity index (χ4n) is 7.90. The van der Waals surface area contributed by atoms with Crippen molar-refractivity contribution in [1.29, 1.82) is 0 Å². The molecule has 0 radical (unpaired) electrons. The smallest absolute Gasteiger partial charge is 0.404 e. The van der Waals surface area contributed by atoms with Gasteiger partial charge in [-0.1, -0.05) is 76.2 Å². The third-order valence-corrected chi connectivity index (χ3v) is 10.8. The Labute approximate surface area is 284 Å². The monoisotopic (exact) mass is 650 g/mol. The highest BCUT2D eigenvalue weighted by Gasteiger charge is 2.68. The van der Waals surface area contributed by atoms with Gasteiger partial charge in [0.05, 0.1) is 35.1 Å². The predicted octanol–water partition coefficient (Wildman–Crippen LogP) is 7.05. The summed E-state index contributed by atoms with van der Waals surface area (Å²) in [5.74, 6) is -0.174. The third kappa shape index (κ3) is 6.84. The van der Waals surface area contributed by atoms with Crippen LogP contribution in [0.4, 0.5) is 11.4 Å². The Morgan fingerprint density at radius 3 is 2.25 bits per heavy atom. The average Bonchev–Trinajstić information content (AvgIpc) is 3.43. The highest BCUT2D eigenvalue weighted by atomic mass is 16.7. The fraction of sp³-hybridized carbons (Fsp3) is 0.474. The first kappa shape index (κ1) is 34.0. The maximum atomic E-state index is 13.7. The van der Waals surface area contributed by atoms with E-state index in [4.69, 9.17) is 9.31 Å². The maximum Gasteiger partial charge on any atom is 0.481 e. The molecule has 4 fully saturated rings. The number of nitrogens with zero attached hydrogens (tertiary/aromatic N) is 2. The Kier molecular flexibility index (Phi) is 9.62. The van der Waals surface area contributed by atoms with Crippen molar-refractivity contribution in [3.05, 3.63) is 84.4 Å². The van der Waals surface area contributed by atoms with Gasteiger partial charge < -0.3 is 25.0 Å². The number of nitrogens with one attached hydrogen (secondary N) is 2. The van der Waals surface area contributed by atoms with Crippen LogP contribution in [0.25, 0.3) is 11.1 Å². The summed E-state index contributed by atoms with van der Waals surface area (Å²) in [6.45, 7) is 12.4. The van der Waals surface area contributed by atoms with Crippen molar-refractivity contribution < 1.29 is 24.0 Å². The summed E-state index contributed by atoms with van der Waals surface area (Å²) in [6.07, 6.45) is 1.55. The molecule has 1 heterocycles. The van der Waals surface area contributed by atoms with E-state index in [1.54, 1.807) is 24.3 Å². The quantitative estimate of drug-likeness (QED) is 0.152. The summed E-state index contributed by atoms with van der Waals surface area (Å²) < 4.78 is 13.2. The second-order valence-corrected chi connectivity index (χ2v) is 14.9. The van der Waals surface area contributed by atoms with Gasteiger partial charge in [-0.05, 0) is 97.7 Å². The van der Waals surface area contributed by atoms with Crippen molar-refractivity contribution in [2.75, 3.05) is 0 Å². The van der Waals surface area contributed by atoms with Crippen molar-refractivity contribution >= 4 is 30.3 Å². The zero-order chi connectivity index (χ0) is 34.2. The van der Waals surface area contributed by atoms with Gasteiger partial charge >= 0.3 is 7.12 Å². The van der Waals surface area contributed by atoms with E-state index in [1.165, 1.54) is 6.92 Å². The van der Waals surface area contributed by atoms with Crippen LogP contribution in [0.15, 0.2) is 89.1 Å². The lowest BCUT2D eigenvalue weighted by Crippen LogP contribution is -2.65. The number of azo groups is 1. The predicted molar refractivity (Wildman–Crippen MR) is 187 cm³/mol. The van der Waals surface area contributed by atoms with Crippen LogP contribution in [0.3, 0.4) is 0 Å². The van der Waals surface area contributed by atoms with Gasteiger partial charge in [0, 0.05) is 5.56 Å². The standard InChI is InChI=1S/C38H47BN4O5/c1-23(2)19-33(39-47-32-22-28-21-31(37(28,4)5)38(32,6)48-39)40-36(46)34(24(3)44)41-35(45)27-13-10-14-30(20-27)43-42-29-17-15-26(16-18-29)25-11-8-7-9-12-25/h7-18,20,23-24,28,31-34,44H,19,21-22H2,1-6H3,(H,40,46)(H,41,45)/t24-,28+,31+,32?,33+,34+,38+/m1/s1. The fourth-order valence-corrected chi connectivity index (χ4v) is 7.90. The molecule has 9 nitrogen and oxygen atoms in total. The highest BCUT2D eigenvalue weighted by molar-refractivity contribution is 6.48. The molecule has 1 saturated heterocycles. The zero-order valence-electron chi connectivity index (χ0n) is 28.7. The lowest BCUT2D eigenvalue weighted by molar-refractivity contribution is -0.199. The average molecular weight is 651 g/mol. The van der Waals surface area contributed by atoms with Crippen LogP contribution < -0.4 is 10.6 Å². The van der Waals surface area contributed by atoms with Gasteiger partial charge in [-0.2, -0.15) is 10.2 Å². The van der Waals surface area contributed by atoms with Gasteiger partial charge in [0.2, 0.25) is 5.91 Å². The first-order chi connectivity index (χ1) is 22.8. The van der Waals surface area contributed by atoms with Crippen LogP contribution in [0.5, 0.6) is 0 Å². The van der Waals surface area contributed by atoms with Crippen molar-refractivity contribution in [1.82, 2.24) is 10.6 Å². The van der Waals surface area contributed by atoms with Crippen molar-refractivity contribution in [2.45, 2.75) is 90.6 Å². The Hall–Kier alpha value is -3.86. The third-order valence-electron chi connectivity index (χ3n) is 10.8. The number of rotatable bonds is 11. The Balaban J connectivity index is 1.10. The van der Waals surface area contributed by atoms with Gasteiger partial charge in [0.15, 0.2) is 0 Å². The Bertz CT molecular complexity index is 1650. The van der Waals surface area contributed by atoms with Crippen molar-refractivity contribution in [3.8, 4) is 11.1 Å². The molecule has 0 spiro atoms. The number of benzene rings is 3. The van der Waals surface area contributed by atoms with E-state index >= 15 is 0 Å². The van der Waals surface area contributed by atoms with Crippen LogP contribution in [-0.2, 0) is 14.1 Å². The molecule has 4 aliphatic rings. The van der Waals surface area contributed by atoms with E-state index in [0.29, 0.717) is 35.2 Å². The molecule has 3 N–H and O–H groups in total. The molecule has 3 saturated carbocycles. The summed E-state index contributed by atoms with van der Waals surface area (Å²) >= 11 is 0. The number of carbonyl (C=O) groups is 2. The van der Waals surface area contributed by atoms with Gasteiger partial charge in [0.1, 0.15) is 6.04 Å². The summed E-state index contributed by atoms with van der Waals surface area (Å²) in [5.41, 5.74) is 3.45. The van der Waals surface area contributed by atoms with E-state index in [0.717, 1.165) is 24.0 Å². The summed E-state index contributed by atoms with van der Waals surface area (Å²) in [7, 11) is -0.608. The second-order valence-electron chi connectivity index (χ2n) is 14.9. The van der Waals surface area contributed by atoms with Crippen molar-refractivity contribution in [2.24, 2.45) is 33.4 Å².